The Bertz CT molecular complexity index is 846. The molecule has 1 saturated heterocycles. The van der Waals surface area contributed by atoms with E-state index < -0.39 is 0 Å². The molecule has 0 unspecified atom stereocenters. The molecule has 0 bridgehead atoms. The smallest absolute Gasteiger partial charge is 0.154 e. The first kappa shape index (κ1) is 15.5. The van der Waals surface area contributed by atoms with Crippen LogP contribution in [-0.2, 0) is 6.54 Å². The lowest BCUT2D eigenvalue weighted by Gasteiger charge is -2.22. The van der Waals surface area contributed by atoms with Crippen molar-refractivity contribution in [1.82, 2.24) is 14.6 Å². The van der Waals surface area contributed by atoms with Crippen LogP contribution in [0.5, 0.6) is 0 Å². The summed E-state index contributed by atoms with van der Waals surface area (Å²) >= 11 is 0. The topological polar surface area (TPSA) is 34.2 Å². The van der Waals surface area contributed by atoms with Crippen molar-refractivity contribution in [3.8, 4) is 0 Å². The Labute approximate surface area is 143 Å². The van der Waals surface area contributed by atoms with Gasteiger partial charge in [0.05, 0.1) is 11.7 Å². The van der Waals surface area contributed by atoms with Gasteiger partial charge in [0.1, 0.15) is 0 Å². The molecule has 1 aliphatic heterocycles. The van der Waals surface area contributed by atoms with Gasteiger partial charge in [-0.1, -0.05) is 23.4 Å². The highest BCUT2D eigenvalue weighted by molar-refractivity contribution is 5.84. The maximum atomic E-state index is 5.55. The van der Waals surface area contributed by atoms with Crippen molar-refractivity contribution in [3.63, 3.8) is 0 Å². The quantitative estimate of drug-likeness (QED) is 0.688. The van der Waals surface area contributed by atoms with Crippen LogP contribution in [0.15, 0.2) is 41.1 Å². The van der Waals surface area contributed by atoms with Gasteiger partial charge in [-0.25, -0.2) is 0 Å². The first-order valence-corrected chi connectivity index (χ1v) is 8.89. The molecule has 0 aliphatic carbocycles. The monoisotopic (exact) mass is 323 g/mol. The molecular formula is C20H25N3O. The summed E-state index contributed by atoms with van der Waals surface area (Å²) in [5, 5.41) is 5.44. The van der Waals surface area contributed by atoms with Gasteiger partial charge in [-0.3, -0.25) is 4.90 Å². The van der Waals surface area contributed by atoms with Crippen LogP contribution in [0.25, 0.3) is 10.9 Å². The fourth-order valence-electron chi connectivity index (χ4n) is 3.93. The molecule has 0 N–H and O–H groups in total. The lowest BCUT2D eigenvalue weighted by Crippen LogP contribution is -2.22. The van der Waals surface area contributed by atoms with Crippen LogP contribution in [0.4, 0.5) is 0 Å². The number of aryl methyl sites for hydroxylation is 1. The first-order chi connectivity index (χ1) is 11.6. The van der Waals surface area contributed by atoms with Crippen molar-refractivity contribution in [2.24, 2.45) is 0 Å². The molecule has 1 aromatic carbocycles. The number of fused-ring (bicyclic) bond motifs is 1. The highest BCUT2D eigenvalue weighted by Crippen LogP contribution is 2.35. The van der Waals surface area contributed by atoms with E-state index in [0.29, 0.717) is 12.1 Å². The summed E-state index contributed by atoms with van der Waals surface area (Å²) in [4.78, 5) is 2.53. The third kappa shape index (κ3) is 2.65. The second-order valence-corrected chi connectivity index (χ2v) is 7.17. The van der Waals surface area contributed by atoms with E-state index in [1.54, 1.807) is 0 Å². The Morgan fingerprint density at radius 1 is 1.29 bits per heavy atom. The van der Waals surface area contributed by atoms with Gasteiger partial charge in [-0.2, -0.15) is 0 Å². The van der Waals surface area contributed by atoms with Gasteiger partial charge in [0.15, 0.2) is 5.76 Å². The fourth-order valence-corrected chi connectivity index (χ4v) is 3.93. The van der Waals surface area contributed by atoms with E-state index in [1.165, 1.54) is 22.9 Å². The Morgan fingerprint density at radius 2 is 2.12 bits per heavy atom. The zero-order valence-corrected chi connectivity index (χ0v) is 14.7. The van der Waals surface area contributed by atoms with Crippen LogP contribution in [0.2, 0.25) is 0 Å². The van der Waals surface area contributed by atoms with Gasteiger partial charge in [-0.15, -0.1) is 0 Å². The van der Waals surface area contributed by atoms with E-state index >= 15 is 0 Å². The Balaban J connectivity index is 1.66. The van der Waals surface area contributed by atoms with Crippen LogP contribution in [0.1, 0.15) is 55.8 Å². The van der Waals surface area contributed by atoms with Gasteiger partial charge >= 0.3 is 0 Å². The van der Waals surface area contributed by atoms with Crippen LogP contribution < -0.4 is 0 Å². The van der Waals surface area contributed by atoms with Crippen molar-refractivity contribution >= 4 is 10.9 Å². The predicted octanol–water partition coefficient (Wildman–Crippen LogP) is 4.86. The number of hydrogen-bond donors (Lipinski definition) is 0. The zero-order chi connectivity index (χ0) is 16.7. The summed E-state index contributed by atoms with van der Waals surface area (Å²) in [5.41, 5.74) is 3.70. The van der Waals surface area contributed by atoms with E-state index in [4.69, 9.17) is 4.52 Å². The maximum Gasteiger partial charge on any atom is 0.154 e. The predicted molar refractivity (Wildman–Crippen MR) is 95.9 cm³/mol. The normalized spacial score (nSPS) is 18.9. The Hall–Kier alpha value is -2.07. The molecule has 0 amide bonds. The third-order valence-electron chi connectivity index (χ3n) is 5.09. The lowest BCUT2D eigenvalue weighted by molar-refractivity contribution is 0.207. The van der Waals surface area contributed by atoms with Crippen LogP contribution in [-0.4, -0.2) is 21.2 Å². The molecule has 126 valence electrons. The van der Waals surface area contributed by atoms with E-state index in [9.17, 15) is 0 Å². The molecule has 1 atom stereocenters. The van der Waals surface area contributed by atoms with Crippen molar-refractivity contribution in [3.05, 3.63) is 53.5 Å². The Morgan fingerprint density at radius 3 is 2.88 bits per heavy atom. The molecule has 1 aliphatic rings. The average molecular weight is 323 g/mol. The van der Waals surface area contributed by atoms with E-state index in [1.807, 2.05) is 6.92 Å². The standard InChI is InChI=1S/C20H25N3O/c1-14(2)23-13-16(17-7-4-5-8-18(17)23)12-22-10-6-9-19(22)20-11-15(3)21-24-20/h4-5,7-8,11,13-14,19H,6,9-10,12H2,1-3H3/t19-/m0/s1. The van der Waals surface area contributed by atoms with Crippen LogP contribution >= 0.6 is 0 Å². The summed E-state index contributed by atoms with van der Waals surface area (Å²) < 4.78 is 7.93. The molecule has 1 fully saturated rings. The van der Waals surface area contributed by atoms with Crippen molar-refractivity contribution < 1.29 is 4.52 Å². The number of nitrogens with zero attached hydrogens (tertiary/aromatic N) is 3. The average Bonchev–Trinajstić information content (AvgIpc) is 3.27. The van der Waals surface area contributed by atoms with Gasteiger partial charge < -0.3 is 9.09 Å². The molecule has 0 radical (unpaired) electrons. The van der Waals surface area contributed by atoms with E-state index in [-0.39, 0.29) is 0 Å². The minimum Gasteiger partial charge on any atom is -0.359 e. The second-order valence-electron chi connectivity index (χ2n) is 7.17. The zero-order valence-electron chi connectivity index (χ0n) is 14.7. The molecule has 3 aromatic rings. The number of hydrogen-bond acceptors (Lipinski definition) is 3. The highest BCUT2D eigenvalue weighted by Gasteiger charge is 2.29. The second kappa shape index (κ2) is 6.10. The molecule has 0 saturated carbocycles. The summed E-state index contributed by atoms with van der Waals surface area (Å²) in [6.45, 7) is 8.55. The lowest BCUT2D eigenvalue weighted by atomic mass is 10.1. The summed E-state index contributed by atoms with van der Waals surface area (Å²) in [5.74, 6) is 1.01. The molecule has 2 aromatic heterocycles. The van der Waals surface area contributed by atoms with Crippen molar-refractivity contribution in [2.45, 2.75) is 52.2 Å². The van der Waals surface area contributed by atoms with E-state index in [0.717, 1.165) is 31.0 Å². The molecule has 4 rings (SSSR count). The SMILES string of the molecule is Cc1cc([C@@H]2CCCN2Cc2cn(C(C)C)c3ccccc23)on1. The van der Waals surface area contributed by atoms with Gasteiger partial charge in [0.2, 0.25) is 0 Å². The molecule has 24 heavy (non-hydrogen) atoms. The number of likely N-dealkylation sites (tertiary alicyclic amines) is 1. The third-order valence-corrected chi connectivity index (χ3v) is 5.09. The first-order valence-electron chi connectivity index (χ1n) is 8.89. The Kier molecular flexibility index (Phi) is 3.93. The highest BCUT2D eigenvalue weighted by atomic mass is 16.5. The number of aromatic nitrogens is 2. The number of rotatable bonds is 4. The van der Waals surface area contributed by atoms with Crippen molar-refractivity contribution in [1.29, 1.82) is 0 Å². The summed E-state index contributed by atoms with van der Waals surface area (Å²) in [6.07, 6.45) is 4.70. The number of para-hydroxylation sites is 1. The van der Waals surface area contributed by atoms with Gasteiger partial charge in [0.25, 0.3) is 0 Å². The molecule has 3 heterocycles. The van der Waals surface area contributed by atoms with Gasteiger partial charge in [-0.05, 0) is 51.8 Å². The van der Waals surface area contributed by atoms with Gasteiger partial charge in [0, 0.05) is 35.8 Å². The molecular weight excluding hydrogens is 298 g/mol. The molecule has 4 heteroatoms. The van der Waals surface area contributed by atoms with Crippen molar-refractivity contribution in [2.75, 3.05) is 6.54 Å². The molecule has 0 spiro atoms. The minimum absolute atomic E-state index is 0.354. The summed E-state index contributed by atoms with van der Waals surface area (Å²) in [6, 6.07) is 11.6. The summed E-state index contributed by atoms with van der Waals surface area (Å²) in [7, 11) is 0. The minimum atomic E-state index is 0.354. The maximum absolute atomic E-state index is 5.55. The number of benzene rings is 1. The fraction of sp³-hybridized carbons (Fsp3) is 0.450. The largest absolute Gasteiger partial charge is 0.359 e. The van der Waals surface area contributed by atoms with Crippen LogP contribution in [0.3, 0.4) is 0 Å². The van der Waals surface area contributed by atoms with E-state index in [2.05, 4.69) is 65.0 Å². The van der Waals surface area contributed by atoms with Crippen LogP contribution in [0, 0.1) is 6.92 Å². The molecule has 4 nitrogen and oxygen atoms in total.